The highest BCUT2D eigenvalue weighted by Gasteiger charge is 2.00. The summed E-state index contributed by atoms with van der Waals surface area (Å²) in [5.74, 6) is 0. The van der Waals surface area contributed by atoms with E-state index in [9.17, 15) is 0 Å². The zero-order valence-electron chi connectivity index (χ0n) is 7.05. The quantitative estimate of drug-likeness (QED) is 0.770. The molecule has 0 saturated heterocycles. The van der Waals surface area contributed by atoms with E-state index in [-0.39, 0.29) is 0 Å². The molecule has 1 rings (SSSR count). The highest BCUT2D eigenvalue weighted by atomic mass is 35.5. The molecule has 0 aliphatic rings. The van der Waals surface area contributed by atoms with Crippen molar-refractivity contribution >= 4 is 17.3 Å². The average molecular weight is 196 g/mol. The molecule has 13 heavy (non-hydrogen) atoms. The summed E-state index contributed by atoms with van der Waals surface area (Å²) in [6, 6.07) is 7.16. The van der Waals surface area contributed by atoms with E-state index in [0.717, 1.165) is 5.69 Å². The summed E-state index contributed by atoms with van der Waals surface area (Å²) in [7, 11) is 0. The maximum absolute atomic E-state index is 8.74. The van der Waals surface area contributed by atoms with E-state index in [1.54, 1.807) is 18.2 Å². The van der Waals surface area contributed by atoms with Gasteiger partial charge < -0.3 is 11.1 Å². The van der Waals surface area contributed by atoms with Crippen molar-refractivity contribution in [2.75, 3.05) is 18.4 Å². The van der Waals surface area contributed by atoms with Gasteiger partial charge in [-0.05, 0) is 18.2 Å². The number of anilines is 1. The summed E-state index contributed by atoms with van der Waals surface area (Å²) < 4.78 is 0. The van der Waals surface area contributed by atoms with Crippen molar-refractivity contribution in [3.63, 3.8) is 0 Å². The summed E-state index contributed by atoms with van der Waals surface area (Å²) in [5.41, 5.74) is 6.65. The molecule has 0 bridgehead atoms. The van der Waals surface area contributed by atoms with Crippen molar-refractivity contribution in [3.05, 3.63) is 28.8 Å². The van der Waals surface area contributed by atoms with Crippen LogP contribution in [0.2, 0.25) is 5.02 Å². The van der Waals surface area contributed by atoms with Crippen LogP contribution in [0.4, 0.5) is 5.69 Å². The van der Waals surface area contributed by atoms with Crippen LogP contribution in [0.25, 0.3) is 0 Å². The van der Waals surface area contributed by atoms with E-state index in [2.05, 4.69) is 11.4 Å². The van der Waals surface area contributed by atoms with Crippen LogP contribution in [0.1, 0.15) is 5.56 Å². The first-order valence-corrected chi connectivity index (χ1v) is 4.29. The Morgan fingerprint density at radius 1 is 1.54 bits per heavy atom. The van der Waals surface area contributed by atoms with E-state index in [1.807, 2.05) is 0 Å². The summed E-state index contributed by atoms with van der Waals surface area (Å²) in [6.45, 7) is 1.16. The van der Waals surface area contributed by atoms with E-state index < -0.39 is 0 Å². The molecule has 0 atom stereocenters. The lowest BCUT2D eigenvalue weighted by Gasteiger charge is -2.06. The highest BCUT2D eigenvalue weighted by Crippen LogP contribution is 2.19. The number of nitrogens with one attached hydrogen (secondary N) is 1. The second kappa shape index (κ2) is 4.70. The van der Waals surface area contributed by atoms with Crippen molar-refractivity contribution in [1.29, 1.82) is 5.26 Å². The minimum atomic E-state index is 0.525. The summed E-state index contributed by atoms with van der Waals surface area (Å²) in [6.07, 6.45) is 0. The topological polar surface area (TPSA) is 61.8 Å². The zero-order valence-corrected chi connectivity index (χ0v) is 7.80. The normalized spacial score (nSPS) is 9.31. The summed E-state index contributed by atoms with van der Waals surface area (Å²) in [5, 5.41) is 12.4. The second-order valence-corrected chi connectivity index (χ2v) is 2.95. The third-order valence-corrected chi connectivity index (χ3v) is 1.80. The molecule has 0 radical (unpaired) electrons. The number of nitriles is 1. The molecule has 0 aliphatic carbocycles. The first-order chi connectivity index (χ1) is 6.27. The van der Waals surface area contributed by atoms with Gasteiger partial charge in [0.25, 0.3) is 0 Å². The number of benzene rings is 1. The lowest BCUT2D eigenvalue weighted by atomic mass is 10.2. The Hall–Kier alpha value is -1.24. The molecular formula is C9H10ClN3. The van der Waals surface area contributed by atoms with Gasteiger partial charge in [-0.15, -0.1) is 0 Å². The van der Waals surface area contributed by atoms with Gasteiger partial charge in [-0.2, -0.15) is 5.26 Å². The minimum absolute atomic E-state index is 0.525. The second-order valence-electron chi connectivity index (χ2n) is 2.52. The van der Waals surface area contributed by atoms with Crippen molar-refractivity contribution in [1.82, 2.24) is 0 Å². The molecule has 68 valence electrons. The van der Waals surface area contributed by atoms with E-state index >= 15 is 0 Å². The van der Waals surface area contributed by atoms with Crippen LogP contribution in [0.15, 0.2) is 18.2 Å². The van der Waals surface area contributed by atoms with Crippen LogP contribution >= 0.6 is 11.6 Å². The number of nitrogens with zero attached hydrogens (tertiary/aromatic N) is 1. The van der Waals surface area contributed by atoms with Crippen molar-refractivity contribution in [2.45, 2.75) is 0 Å². The molecular weight excluding hydrogens is 186 g/mol. The number of hydrogen-bond acceptors (Lipinski definition) is 3. The van der Waals surface area contributed by atoms with Crippen LogP contribution in [0, 0.1) is 11.3 Å². The molecule has 0 unspecified atom stereocenters. The van der Waals surface area contributed by atoms with Crippen molar-refractivity contribution in [3.8, 4) is 6.07 Å². The standard InChI is InChI=1S/C9H10ClN3/c10-8-2-1-7(6-12)9(5-8)13-4-3-11/h1-2,5,13H,3-4,11H2. The fraction of sp³-hybridized carbons (Fsp3) is 0.222. The first-order valence-electron chi connectivity index (χ1n) is 3.91. The van der Waals surface area contributed by atoms with Crippen LogP contribution in [-0.4, -0.2) is 13.1 Å². The van der Waals surface area contributed by atoms with Gasteiger partial charge in [0.1, 0.15) is 6.07 Å². The minimum Gasteiger partial charge on any atom is -0.383 e. The van der Waals surface area contributed by atoms with Crippen LogP contribution < -0.4 is 11.1 Å². The Balaban J connectivity index is 2.89. The van der Waals surface area contributed by atoms with E-state index in [1.165, 1.54) is 0 Å². The monoisotopic (exact) mass is 195 g/mol. The largest absolute Gasteiger partial charge is 0.383 e. The molecule has 0 amide bonds. The van der Waals surface area contributed by atoms with Gasteiger partial charge in [-0.3, -0.25) is 0 Å². The Morgan fingerprint density at radius 3 is 2.92 bits per heavy atom. The molecule has 1 aromatic carbocycles. The summed E-state index contributed by atoms with van der Waals surface area (Å²) in [4.78, 5) is 0. The van der Waals surface area contributed by atoms with Crippen molar-refractivity contribution < 1.29 is 0 Å². The molecule has 0 aromatic heterocycles. The smallest absolute Gasteiger partial charge is 0.101 e. The third-order valence-electron chi connectivity index (χ3n) is 1.56. The van der Waals surface area contributed by atoms with Gasteiger partial charge in [-0.1, -0.05) is 11.6 Å². The predicted octanol–water partition coefficient (Wildman–Crippen LogP) is 1.58. The lowest BCUT2D eigenvalue weighted by molar-refractivity contribution is 1.02. The van der Waals surface area contributed by atoms with Gasteiger partial charge in [0.15, 0.2) is 0 Å². The molecule has 0 heterocycles. The van der Waals surface area contributed by atoms with Gasteiger partial charge in [0, 0.05) is 18.1 Å². The van der Waals surface area contributed by atoms with Gasteiger partial charge in [0.2, 0.25) is 0 Å². The molecule has 3 N–H and O–H groups in total. The molecule has 0 spiro atoms. The Labute approximate surface area is 82.1 Å². The van der Waals surface area contributed by atoms with Crippen LogP contribution in [0.5, 0.6) is 0 Å². The van der Waals surface area contributed by atoms with Gasteiger partial charge >= 0.3 is 0 Å². The Bertz CT molecular complexity index is 330. The first kappa shape index (κ1) is 9.85. The molecule has 1 aromatic rings. The number of rotatable bonds is 3. The van der Waals surface area contributed by atoms with Crippen LogP contribution in [-0.2, 0) is 0 Å². The average Bonchev–Trinajstić information content (AvgIpc) is 2.15. The third kappa shape index (κ3) is 2.62. The maximum Gasteiger partial charge on any atom is 0.101 e. The SMILES string of the molecule is N#Cc1ccc(Cl)cc1NCCN. The molecule has 0 saturated carbocycles. The molecule has 0 aliphatic heterocycles. The molecule has 3 nitrogen and oxygen atoms in total. The van der Waals surface area contributed by atoms with E-state index in [0.29, 0.717) is 23.7 Å². The Morgan fingerprint density at radius 2 is 2.31 bits per heavy atom. The van der Waals surface area contributed by atoms with Crippen molar-refractivity contribution in [2.24, 2.45) is 5.73 Å². The fourth-order valence-corrected chi connectivity index (χ4v) is 1.14. The number of hydrogen-bond donors (Lipinski definition) is 2. The van der Waals surface area contributed by atoms with Gasteiger partial charge in [0.05, 0.1) is 11.3 Å². The summed E-state index contributed by atoms with van der Waals surface area (Å²) >= 11 is 5.77. The van der Waals surface area contributed by atoms with Gasteiger partial charge in [-0.25, -0.2) is 0 Å². The van der Waals surface area contributed by atoms with E-state index in [4.69, 9.17) is 22.6 Å². The highest BCUT2D eigenvalue weighted by molar-refractivity contribution is 6.30. The maximum atomic E-state index is 8.74. The fourth-order valence-electron chi connectivity index (χ4n) is 0.967. The zero-order chi connectivity index (χ0) is 9.68. The number of nitrogens with two attached hydrogens (primary N) is 1. The predicted molar refractivity (Wildman–Crippen MR) is 53.7 cm³/mol. The number of halogens is 1. The lowest BCUT2D eigenvalue weighted by Crippen LogP contribution is -2.13. The molecule has 0 fully saturated rings. The Kier molecular flexibility index (Phi) is 3.56. The van der Waals surface area contributed by atoms with Crippen LogP contribution in [0.3, 0.4) is 0 Å². The molecule has 4 heteroatoms.